The molecule has 6 N–H and O–H groups in total. The normalized spacial score (nSPS) is 12.2. The average molecular weight is 368 g/mol. The summed E-state index contributed by atoms with van der Waals surface area (Å²) in [5.74, 6) is -0.604. The summed E-state index contributed by atoms with van der Waals surface area (Å²) in [4.78, 5) is 19.5. The highest BCUT2D eigenvalue weighted by Gasteiger charge is 2.16. The van der Waals surface area contributed by atoms with Crippen molar-refractivity contribution in [2.45, 2.75) is 17.9 Å². The first-order valence-electron chi connectivity index (χ1n) is 6.70. The Balaban J connectivity index is 2.07. The van der Waals surface area contributed by atoms with E-state index in [-0.39, 0.29) is 16.0 Å². The van der Waals surface area contributed by atoms with Crippen molar-refractivity contribution in [2.24, 2.45) is 16.5 Å². The van der Waals surface area contributed by atoms with Gasteiger partial charge in [-0.15, -0.1) is 11.3 Å². The third-order valence-corrected chi connectivity index (χ3v) is 4.98. The fourth-order valence-corrected chi connectivity index (χ4v) is 3.48. The van der Waals surface area contributed by atoms with Crippen LogP contribution < -0.4 is 21.5 Å². The van der Waals surface area contributed by atoms with E-state index in [1.807, 2.05) is 0 Å². The number of aliphatic imine (C=N–C) groups is 1. The van der Waals surface area contributed by atoms with Crippen LogP contribution in [0.5, 0.6) is 0 Å². The summed E-state index contributed by atoms with van der Waals surface area (Å²) in [6.07, 6.45) is 1.50. The van der Waals surface area contributed by atoms with E-state index in [4.69, 9.17) is 11.5 Å². The summed E-state index contributed by atoms with van der Waals surface area (Å²) < 4.78 is 26.7. The second kappa shape index (κ2) is 7.27. The van der Waals surface area contributed by atoms with Crippen LogP contribution in [0.1, 0.15) is 6.92 Å². The van der Waals surface area contributed by atoms with Crippen LogP contribution in [0.25, 0.3) is 0 Å². The van der Waals surface area contributed by atoms with Gasteiger partial charge in [0.05, 0.1) is 4.90 Å². The molecule has 2 aromatic rings. The molecule has 0 radical (unpaired) electrons. The highest BCUT2D eigenvalue weighted by Crippen LogP contribution is 2.19. The number of nitrogens with two attached hydrogens (primary N) is 2. The average Bonchev–Trinajstić information content (AvgIpc) is 2.99. The molecule has 1 aromatic heterocycles. The first-order chi connectivity index (χ1) is 11.3. The van der Waals surface area contributed by atoms with Crippen LogP contribution in [0.4, 0.5) is 10.8 Å². The minimum absolute atomic E-state index is 0.0490. The van der Waals surface area contributed by atoms with E-state index in [2.05, 4.69) is 20.0 Å². The van der Waals surface area contributed by atoms with Gasteiger partial charge in [0.2, 0.25) is 5.91 Å². The lowest BCUT2D eigenvalue weighted by Crippen LogP contribution is -2.30. The number of hydrogen-bond acceptors (Lipinski definition) is 6. The van der Waals surface area contributed by atoms with E-state index < -0.39 is 22.0 Å². The number of carbonyl (C=O) groups excluding carboxylic acids is 1. The van der Waals surface area contributed by atoms with Gasteiger partial charge in [-0.3, -0.25) is 9.52 Å². The summed E-state index contributed by atoms with van der Waals surface area (Å²) in [7, 11) is -3.73. The number of amides is 1. The standard InChI is InChI=1S/C13H16N6O3S2/c1-8(17-12(14)15)11(20)18-9-2-4-10(5-3-9)24(21,22)19-13-16-6-7-23-13/h2-8H,1H3,(H,16,19)(H,18,20)(H4,14,15,17)/t8-/m0/s1. The second-order valence-electron chi connectivity index (χ2n) is 4.69. The zero-order chi connectivity index (χ0) is 17.7. The Morgan fingerprint density at radius 1 is 1.29 bits per heavy atom. The second-order valence-corrected chi connectivity index (χ2v) is 7.26. The van der Waals surface area contributed by atoms with E-state index in [0.29, 0.717) is 5.69 Å². The Hall–Kier alpha value is -2.66. The van der Waals surface area contributed by atoms with Crippen LogP contribution >= 0.6 is 11.3 Å². The lowest BCUT2D eigenvalue weighted by Gasteiger charge is -2.10. The molecule has 1 amide bonds. The molecule has 0 bridgehead atoms. The Morgan fingerprint density at radius 3 is 2.50 bits per heavy atom. The predicted octanol–water partition coefficient (Wildman–Crippen LogP) is 0.544. The topological polar surface area (TPSA) is 153 Å². The summed E-state index contributed by atoms with van der Waals surface area (Å²) in [6.45, 7) is 1.53. The van der Waals surface area contributed by atoms with Gasteiger partial charge in [0.1, 0.15) is 6.04 Å². The van der Waals surface area contributed by atoms with Gasteiger partial charge in [-0.05, 0) is 31.2 Å². The van der Waals surface area contributed by atoms with Gasteiger partial charge in [0, 0.05) is 17.3 Å². The summed E-state index contributed by atoms with van der Waals surface area (Å²) >= 11 is 1.17. The monoisotopic (exact) mass is 368 g/mol. The number of guanidine groups is 1. The number of carbonyl (C=O) groups is 1. The van der Waals surface area contributed by atoms with Crippen molar-refractivity contribution in [3.05, 3.63) is 35.8 Å². The quantitative estimate of drug-likeness (QED) is 0.431. The van der Waals surface area contributed by atoms with E-state index in [1.165, 1.54) is 48.7 Å². The fourth-order valence-electron chi connectivity index (χ4n) is 1.69. The smallest absolute Gasteiger partial charge is 0.263 e. The van der Waals surface area contributed by atoms with Crippen LogP contribution in [-0.4, -0.2) is 31.3 Å². The van der Waals surface area contributed by atoms with Gasteiger partial charge in [-0.1, -0.05) is 0 Å². The zero-order valence-electron chi connectivity index (χ0n) is 12.6. The molecule has 0 aliphatic rings. The molecule has 0 unspecified atom stereocenters. The van der Waals surface area contributed by atoms with E-state index >= 15 is 0 Å². The van der Waals surface area contributed by atoms with Crippen molar-refractivity contribution in [2.75, 3.05) is 10.0 Å². The number of benzene rings is 1. The maximum absolute atomic E-state index is 12.2. The van der Waals surface area contributed by atoms with Gasteiger partial charge >= 0.3 is 0 Å². The lowest BCUT2D eigenvalue weighted by atomic mass is 10.3. The Morgan fingerprint density at radius 2 is 1.96 bits per heavy atom. The third-order valence-electron chi connectivity index (χ3n) is 2.81. The molecule has 0 fully saturated rings. The van der Waals surface area contributed by atoms with Gasteiger partial charge in [-0.25, -0.2) is 18.4 Å². The largest absolute Gasteiger partial charge is 0.370 e. The van der Waals surface area contributed by atoms with E-state index in [0.717, 1.165) is 0 Å². The highest BCUT2D eigenvalue weighted by molar-refractivity contribution is 7.93. The molecule has 0 aliphatic carbocycles. The number of aromatic nitrogens is 1. The molecule has 24 heavy (non-hydrogen) atoms. The number of nitrogens with zero attached hydrogens (tertiary/aromatic N) is 2. The van der Waals surface area contributed by atoms with Crippen LogP contribution in [0.15, 0.2) is 45.7 Å². The zero-order valence-corrected chi connectivity index (χ0v) is 14.3. The Labute approximate surface area is 142 Å². The molecular formula is C13H16N6O3S2. The molecule has 1 aromatic carbocycles. The lowest BCUT2D eigenvalue weighted by molar-refractivity contribution is -0.117. The minimum Gasteiger partial charge on any atom is -0.370 e. The van der Waals surface area contributed by atoms with Crippen molar-refractivity contribution in [3.63, 3.8) is 0 Å². The molecule has 1 heterocycles. The fraction of sp³-hybridized carbons (Fsp3) is 0.154. The number of rotatable bonds is 6. The van der Waals surface area contributed by atoms with Crippen LogP contribution in [0.3, 0.4) is 0 Å². The number of sulfonamides is 1. The van der Waals surface area contributed by atoms with Crippen LogP contribution in [-0.2, 0) is 14.8 Å². The van der Waals surface area contributed by atoms with Crippen molar-refractivity contribution >= 4 is 44.0 Å². The molecule has 0 saturated carbocycles. The van der Waals surface area contributed by atoms with Crippen molar-refractivity contribution in [1.82, 2.24) is 4.98 Å². The van der Waals surface area contributed by atoms with Crippen molar-refractivity contribution in [3.8, 4) is 0 Å². The van der Waals surface area contributed by atoms with Crippen molar-refractivity contribution in [1.29, 1.82) is 0 Å². The molecule has 2 rings (SSSR count). The molecule has 11 heteroatoms. The molecule has 0 spiro atoms. The van der Waals surface area contributed by atoms with Crippen LogP contribution in [0.2, 0.25) is 0 Å². The first kappa shape index (κ1) is 17.7. The Bertz CT molecular complexity index is 827. The summed E-state index contributed by atoms with van der Waals surface area (Å²) in [5, 5.41) is 4.53. The number of thiazole rings is 1. The predicted molar refractivity (Wildman–Crippen MR) is 93.3 cm³/mol. The van der Waals surface area contributed by atoms with Gasteiger partial charge in [0.15, 0.2) is 11.1 Å². The van der Waals surface area contributed by atoms with E-state index in [9.17, 15) is 13.2 Å². The molecular weight excluding hydrogens is 352 g/mol. The molecule has 1 atom stereocenters. The van der Waals surface area contributed by atoms with Gasteiger partial charge in [-0.2, -0.15) is 0 Å². The van der Waals surface area contributed by atoms with Crippen LogP contribution in [0, 0.1) is 0 Å². The third kappa shape index (κ3) is 4.67. The molecule has 128 valence electrons. The number of hydrogen-bond donors (Lipinski definition) is 4. The SMILES string of the molecule is C[C@H](N=C(N)N)C(=O)Nc1ccc(S(=O)(=O)Nc2nccs2)cc1. The maximum Gasteiger partial charge on any atom is 0.263 e. The number of nitrogens with one attached hydrogen (secondary N) is 2. The number of anilines is 2. The van der Waals surface area contributed by atoms with Gasteiger partial charge < -0.3 is 16.8 Å². The minimum atomic E-state index is -3.73. The molecule has 0 aliphatic heterocycles. The highest BCUT2D eigenvalue weighted by atomic mass is 32.2. The van der Waals surface area contributed by atoms with Crippen molar-refractivity contribution < 1.29 is 13.2 Å². The first-order valence-corrected chi connectivity index (χ1v) is 9.06. The van der Waals surface area contributed by atoms with Gasteiger partial charge in [0.25, 0.3) is 10.0 Å². The summed E-state index contributed by atoms with van der Waals surface area (Å²) in [6, 6.07) is 4.92. The Kier molecular flexibility index (Phi) is 5.36. The molecule has 0 saturated heterocycles. The maximum atomic E-state index is 12.2. The molecule has 9 nitrogen and oxygen atoms in total. The summed E-state index contributed by atoms with van der Waals surface area (Å²) in [5.41, 5.74) is 10.9. The van der Waals surface area contributed by atoms with E-state index in [1.54, 1.807) is 5.38 Å².